The third kappa shape index (κ3) is 6.37. The van der Waals surface area contributed by atoms with Gasteiger partial charge in [-0.15, -0.1) is 0 Å². The molecule has 158 valence electrons. The first-order chi connectivity index (χ1) is 15.0. The number of rotatable bonds is 9. The van der Waals surface area contributed by atoms with Gasteiger partial charge in [0.1, 0.15) is 5.75 Å². The highest BCUT2D eigenvalue weighted by Gasteiger charge is 2.12. The molecule has 0 saturated carbocycles. The number of carbonyl (C=O) groups excluding carboxylic acids is 2. The minimum Gasteiger partial charge on any atom is -0.496 e. The Hall–Kier alpha value is -4.26. The molecule has 0 aliphatic rings. The van der Waals surface area contributed by atoms with Gasteiger partial charge in [0.15, 0.2) is 0 Å². The van der Waals surface area contributed by atoms with Crippen LogP contribution in [0, 0.1) is 0 Å². The van der Waals surface area contributed by atoms with E-state index in [9.17, 15) is 9.59 Å². The highest BCUT2D eigenvalue weighted by Crippen LogP contribution is 2.19. The molecular formula is C24H24N4O3. The highest BCUT2D eigenvalue weighted by atomic mass is 16.5. The van der Waals surface area contributed by atoms with Crippen molar-refractivity contribution in [3.8, 4) is 5.75 Å². The normalized spacial score (nSPS) is 9.97. The van der Waals surface area contributed by atoms with Crippen LogP contribution in [0.5, 0.6) is 5.75 Å². The SMILES string of the molecule is C=C(CC(=O)Nc1ccc(Nc2ccccc2)cc1)NNC(=O)c1ccccc1OC. The van der Waals surface area contributed by atoms with E-state index in [2.05, 4.69) is 28.1 Å². The second kappa shape index (κ2) is 10.5. The first kappa shape index (κ1) is 21.4. The maximum atomic E-state index is 12.3. The van der Waals surface area contributed by atoms with E-state index in [-0.39, 0.29) is 18.2 Å². The zero-order valence-corrected chi connectivity index (χ0v) is 17.1. The summed E-state index contributed by atoms with van der Waals surface area (Å²) in [5, 5.41) is 6.08. The van der Waals surface area contributed by atoms with Crippen LogP contribution in [0.15, 0.2) is 91.1 Å². The lowest BCUT2D eigenvalue weighted by Gasteiger charge is -2.13. The Balaban J connectivity index is 1.45. The Morgan fingerprint density at radius 2 is 1.42 bits per heavy atom. The smallest absolute Gasteiger partial charge is 0.273 e. The second-order valence-electron chi connectivity index (χ2n) is 6.68. The van der Waals surface area contributed by atoms with E-state index in [1.165, 1.54) is 7.11 Å². The van der Waals surface area contributed by atoms with Gasteiger partial charge in [0.05, 0.1) is 19.1 Å². The summed E-state index contributed by atoms with van der Waals surface area (Å²) in [6.07, 6.45) is -0.00375. The van der Waals surface area contributed by atoms with Gasteiger partial charge in [-0.05, 0) is 48.5 Å². The van der Waals surface area contributed by atoms with E-state index in [1.54, 1.807) is 24.3 Å². The average Bonchev–Trinajstić information content (AvgIpc) is 2.79. The summed E-state index contributed by atoms with van der Waals surface area (Å²) >= 11 is 0. The van der Waals surface area contributed by atoms with Crippen LogP contribution in [-0.4, -0.2) is 18.9 Å². The van der Waals surface area contributed by atoms with Crippen molar-refractivity contribution in [3.05, 3.63) is 96.7 Å². The van der Waals surface area contributed by atoms with E-state index in [4.69, 9.17) is 4.74 Å². The van der Waals surface area contributed by atoms with Crippen LogP contribution < -0.4 is 26.2 Å². The largest absolute Gasteiger partial charge is 0.496 e. The molecule has 0 fully saturated rings. The molecule has 7 nitrogen and oxygen atoms in total. The quantitative estimate of drug-likeness (QED) is 0.392. The summed E-state index contributed by atoms with van der Waals surface area (Å²) in [5.41, 5.74) is 8.46. The Morgan fingerprint density at radius 1 is 0.806 bits per heavy atom. The molecular weight excluding hydrogens is 392 g/mol. The number of hydrogen-bond acceptors (Lipinski definition) is 5. The molecule has 0 atom stereocenters. The van der Waals surface area contributed by atoms with Crippen LogP contribution in [0.4, 0.5) is 17.1 Å². The number of para-hydroxylation sites is 2. The van der Waals surface area contributed by atoms with Crippen molar-refractivity contribution in [2.75, 3.05) is 17.7 Å². The summed E-state index contributed by atoms with van der Waals surface area (Å²) < 4.78 is 5.17. The van der Waals surface area contributed by atoms with Crippen molar-refractivity contribution in [1.82, 2.24) is 10.9 Å². The number of benzene rings is 3. The summed E-state index contributed by atoms with van der Waals surface area (Å²) in [4.78, 5) is 24.5. The Labute approximate surface area is 181 Å². The van der Waals surface area contributed by atoms with Crippen molar-refractivity contribution in [2.45, 2.75) is 6.42 Å². The molecule has 0 aromatic heterocycles. The molecule has 0 bridgehead atoms. The molecule has 3 rings (SSSR count). The number of methoxy groups -OCH3 is 1. The fourth-order valence-electron chi connectivity index (χ4n) is 2.81. The molecule has 2 amide bonds. The van der Waals surface area contributed by atoms with E-state index in [1.807, 2.05) is 54.6 Å². The summed E-state index contributed by atoms with van der Waals surface area (Å²) in [6, 6.07) is 24.0. The topological polar surface area (TPSA) is 91.5 Å². The molecule has 3 aromatic rings. The molecule has 0 heterocycles. The van der Waals surface area contributed by atoms with Crippen molar-refractivity contribution < 1.29 is 14.3 Å². The second-order valence-corrected chi connectivity index (χ2v) is 6.68. The standard InChI is InChI=1S/C24H24N4O3/c1-17(27-28-24(30)21-10-6-7-11-22(21)31-2)16-23(29)26-20-14-12-19(13-15-20)25-18-8-4-3-5-9-18/h3-15,25,27H,1,16H2,2H3,(H,26,29)(H,28,30). The predicted octanol–water partition coefficient (Wildman–Crippen LogP) is 4.22. The fraction of sp³-hybridized carbons (Fsp3) is 0.0833. The van der Waals surface area contributed by atoms with Crippen molar-refractivity contribution in [1.29, 1.82) is 0 Å². The highest BCUT2D eigenvalue weighted by molar-refractivity contribution is 5.97. The van der Waals surface area contributed by atoms with Crippen molar-refractivity contribution in [2.24, 2.45) is 0 Å². The summed E-state index contributed by atoms with van der Waals surface area (Å²) in [7, 11) is 1.49. The summed E-state index contributed by atoms with van der Waals surface area (Å²) in [6.45, 7) is 3.78. The molecule has 3 aromatic carbocycles. The molecule has 0 aliphatic heterocycles. The Bertz CT molecular complexity index is 1050. The molecule has 31 heavy (non-hydrogen) atoms. The monoisotopic (exact) mass is 416 g/mol. The number of ether oxygens (including phenoxy) is 1. The van der Waals surface area contributed by atoms with Gasteiger partial charge in [-0.2, -0.15) is 0 Å². The number of hydrazine groups is 1. The molecule has 0 saturated heterocycles. The lowest BCUT2D eigenvalue weighted by atomic mass is 10.2. The number of hydrogen-bond donors (Lipinski definition) is 4. The fourth-order valence-corrected chi connectivity index (χ4v) is 2.81. The first-order valence-electron chi connectivity index (χ1n) is 9.64. The number of nitrogens with one attached hydrogen (secondary N) is 4. The third-order valence-electron chi connectivity index (χ3n) is 4.31. The van der Waals surface area contributed by atoms with E-state index in [0.717, 1.165) is 11.4 Å². The maximum absolute atomic E-state index is 12.3. The van der Waals surface area contributed by atoms with Crippen molar-refractivity contribution >= 4 is 28.9 Å². The minimum absolute atomic E-state index is 0.00375. The molecule has 4 N–H and O–H groups in total. The van der Waals surface area contributed by atoms with Crippen LogP contribution in [0.3, 0.4) is 0 Å². The first-order valence-corrected chi connectivity index (χ1v) is 9.64. The van der Waals surface area contributed by atoms with Crippen LogP contribution in [0.1, 0.15) is 16.8 Å². The maximum Gasteiger partial charge on any atom is 0.273 e. The number of amides is 2. The lowest BCUT2D eigenvalue weighted by Crippen LogP contribution is -2.37. The molecule has 0 unspecified atom stereocenters. The van der Waals surface area contributed by atoms with Gasteiger partial charge >= 0.3 is 0 Å². The Kier molecular flexibility index (Phi) is 7.26. The van der Waals surface area contributed by atoms with Gasteiger partial charge in [0.25, 0.3) is 5.91 Å². The van der Waals surface area contributed by atoms with Crippen LogP contribution in [-0.2, 0) is 4.79 Å². The lowest BCUT2D eigenvalue weighted by molar-refractivity contribution is -0.115. The molecule has 0 aliphatic carbocycles. The molecule has 7 heteroatoms. The van der Waals surface area contributed by atoms with Crippen molar-refractivity contribution in [3.63, 3.8) is 0 Å². The van der Waals surface area contributed by atoms with Gasteiger partial charge < -0.3 is 20.8 Å². The van der Waals surface area contributed by atoms with Crippen LogP contribution >= 0.6 is 0 Å². The van der Waals surface area contributed by atoms with Gasteiger partial charge in [-0.25, -0.2) is 0 Å². The van der Waals surface area contributed by atoms with E-state index < -0.39 is 0 Å². The number of anilines is 3. The zero-order chi connectivity index (χ0) is 22.1. The number of carbonyl (C=O) groups is 2. The van der Waals surface area contributed by atoms with Gasteiger partial charge in [0.2, 0.25) is 5.91 Å². The Morgan fingerprint density at radius 3 is 2.13 bits per heavy atom. The zero-order valence-electron chi connectivity index (χ0n) is 17.1. The van der Waals surface area contributed by atoms with E-state index >= 15 is 0 Å². The van der Waals surface area contributed by atoms with E-state index in [0.29, 0.717) is 22.7 Å². The average molecular weight is 416 g/mol. The van der Waals surface area contributed by atoms with Crippen LogP contribution in [0.2, 0.25) is 0 Å². The minimum atomic E-state index is -0.388. The van der Waals surface area contributed by atoms with Gasteiger partial charge in [-0.3, -0.25) is 15.0 Å². The third-order valence-corrected chi connectivity index (χ3v) is 4.31. The predicted molar refractivity (Wildman–Crippen MR) is 122 cm³/mol. The van der Waals surface area contributed by atoms with Gasteiger partial charge in [0, 0.05) is 22.8 Å². The van der Waals surface area contributed by atoms with Crippen LogP contribution in [0.25, 0.3) is 0 Å². The van der Waals surface area contributed by atoms with Gasteiger partial charge in [-0.1, -0.05) is 36.9 Å². The molecule has 0 spiro atoms. The molecule has 0 radical (unpaired) electrons. The summed E-state index contributed by atoms with van der Waals surface area (Å²) in [5.74, 6) is -0.191.